The molecule has 0 saturated carbocycles. The van der Waals surface area contributed by atoms with Gasteiger partial charge in [0.05, 0.1) is 6.26 Å². The second-order valence-corrected chi connectivity index (χ2v) is 7.24. The second-order valence-electron chi connectivity index (χ2n) is 5.60. The summed E-state index contributed by atoms with van der Waals surface area (Å²) in [6, 6.07) is 3.75. The third-order valence-corrected chi connectivity index (χ3v) is 5.27. The molecule has 128 valence electrons. The van der Waals surface area contributed by atoms with Crippen LogP contribution in [0.25, 0.3) is 21.9 Å². The minimum atomic E-state index is 0.620. The molecule has 0 aromatic carbocycles. The fourth-order valence-electron chi connectivity index (χ4n) is 2.80. The summed E-state index contributed by atoms with van der Waals surface area (Å²) in [5.41, 5.74) is 0.904. The van der Waals surface area contributed by atoms with Crippen molar-refractivity contribution in [2.24, 2.45) is 0 Å². The Bertz CT molecular complexity index is 861. The average Bonchev–Trinajstić information content (AvgIpc) is 3.20. The molecule has 0 aliphatic carbocycles. The second kappa shape index (κ2) is 7.44. The summed E-state index contributed by atoms with van der Waals surface area (Å²) in [5, 5.41) is 0. The van der Waals surface area contributed by atoms with E-state index < -0.39 is 0 Å². The lowest BCUT2D eigenvalue weighted by Gasteiger charge is -2.23. The van der Waals surface area contributed by atoms with Crippen LogP contribution in [0, 0.1) is 3.95 Å². The van der Waals surface area contributed by atoms with E-state index in [2.05, 4.69) is 30.2 Å². The van der Waals surface area contributed by atoms with Gasteiger partial charge < -0.3 is 13.9 Å². The van der Waals surface area contributed by atoms with Crippen LogP contribution in [-0.4, -0.2) is 27.6 Å². The Morgan fingerprint density at radius 3 is 2.54 bits per heavy atom. The number of rotatable bonds is 7. The van der Waals surface area contributed by atoms with Crippen LogP contribution in [0.5, 0.6) is 0 Å². The Morgan fingerprint density at radius 2 is 1.96 bits per heavy atom. The van der Waals surface area contributed by atoms with E-state index in [1.165, 1.54) is 0 Å². The van der Waals surface area contributed by atoms with Gasteiger partial charge in [-0.2, -0.15) is 0 Å². The Hall–Kier alpha value is -1.73. The first-order valence-electron chi connectivity index (χ1n) is 8.39. The highest BCUT2D eigenvalue weighted by Gasteiger charge is 2.19. The largest absolute Gasteiger partial charge is 0.461 e. The molecule has 0 saturated heterocycles. The first-order valence-corrected chi connectivity index (χ1v) is 9.62. The Morgan fingerprint density at radius 1 is 1.21 bits per heavy atom. The summed E-state index contributed by atoms with van der Waals surface area (Å²) in [5.74, 6) is 2.28. The van der Waals surface area contributed by atoms with Crippen molar-refractivity contribution in [1.29, 1.82) is 0 Å². The van der Waals surface area contributed by atoms with Gasteiger partial charge >= 0.3 is 0 Å². The molecule has 3 aromatic heterocycles. The maximum absolute atomic E-state index is 5.54. The molecule has 0 amide bonds. The van der Waals surface area contributed by atoms with Crippen molar-refractivity contribution in [3.8, 4) is 11.6 Å². The van der Waals surface area contributed by atoms with E-state index in [9.17, 15) is 0 Å². The monoisotopic (exact) mass is 362 g/mol. The number of hydrogen-bond donors (Lipinski definition) is 0. The Labute approximate surface area is 151 Å². The summed E-state index contributed by atoms with van der Waals surface area (Å²) in [7, 11) is 0. The number of fused-ring (bicyclic) bond motifs is 1. The van der Waals surface area contributed by atoms with Crippen LogP contribution in [0.4, 0.5) is 5.82 Å². The van der Waals surface area contributed by atoms with Crippen molar-refractivity contribution in [2.75, 3.05) is 18.0 Å². The zero-order chi connectivity index (χ0) is 17.1. The minimum absolute atomic E-state index is 0.620. The number of nitrogens with zero attached hydrogens (tertiary/aromatic N) is 4. The molecule has 0 aliphatic heterocycles. The molecule has 3 heterocycles. The lowest BCUT2D eigenvalue weighted by molar-refractivity contribution is 0.577. The number of anilines is 1. The first kappa shape index (κ1) is 17.1. The van der Waals surface area contributed by atoms with E-state index in [-0.39, 0.29) is 0 Å². The predicted molar refractivity (Wildman–Crippen MR) is 102 cm³/mol. The van der Waals surface area contributed by atoms with Gasteiger partial charge in [0.2, 0.25) is 0 Å². The van der Waals surface area contributed by atoms with Crippen LogP contribution in [-0.2, 0) is 6.54 Å². The Kier molecular flexibility index (Phi) is 5.30. The van der Waals surface area contributed by atoms with Crippen LogP contribution in [0.2, 0.25) is 0 Å². The molecule has 3 aromatic rings. The van der Waals surface area contributed by atoms with Gasteiger partial charge in [-0.1, -0.05) is 25.2 Å². The molecule has 0 aliphatic rings. The summed E-state index contributed by atoms with van der Waals surface area (Å²) in [4.78, 5) is 11.9. The van der Waals surface area contributed by atoms with Crippen molar-refractivity contribution in [3.05, 3.63) is 22.4 Å². The van der Waals surface area contributed by atoms with Crippen molar-refractivity contribution in [1.82, 2.24) is 14.5 Å². The maximum atomic E-state index is 5.54. The molecule has 0 N–H and O–H groups in total. The van der Waals surface area contributed by atoms with E-state index in [1.807, 2.05) is 12.1 Å². The van der Waals surface area contributed by atoms with E-state index >= 15 is 0 Å². The van der Waals surface area contributed by atoms with Crippen LogP contribution < -0.4 is 4.90 Å². The molecule has 7 heteroatoms. The van der Waals surface area contributed by atoms with Gasteiger partial charge in [-0.3, -0.25) is 0 Å². The standard InChI is InChI=1S/C17H22N4OS2/c1-4-9-20(10-5-2)15-13-16(21(6-3)17(23)24-13)19-14(18-15)12-8-7-11-22-12/h7-8,11H,4-6,9-10H2,1-3H3. The molecule has 5 nitrogen and oxygen atoms in total. The van der Waals surface area contributed by atoms with Gasteiger partial charge in [-0.05, 0) is 44.1 Å². The van der Waals surface area contributed by atoms with E-state index in [1.54, 1.807) is 17.6 Å². The predicted octanol–water partition coefficient (Wildman–Crippen LogP) is 5.13. The summed E-state index contributed by atoms with van der Waals surface area (Å²) in [6.07, 6.45) is 3.79. The van der Waals surface area contributed by atoms with Crippen molar-refractivity contribution in [3.63, 3.8) is 0 Å². The topological polar surface area (TPSA) is 47.1 Å². The van der Waals surface area contributed by atoms with E-state index in [0.717, 1.165) is 52.6 Å². The van der Waals surface area contributed by atoms with Gasteiger partial charge in [0.25, 0.3) is 0 Å². The first-order chi connectivity index (χ1) is 11.7. The highest BCUT2D eigenvalue weighted by atomic mass is 32.1. The van der Waals surface area contributed by atoms with Crippen molar-refractivity contribution in [2.45, 2.75) is 40.2 Å². The molecular weight excluding hydrogens is 340 g/mol. The van der Waals surface area contributed by atoms with Crippen LogP contribution in [0.15, 0.2) is 22.8 Å². The third-order valence-electron chi connectivity index (χ3n) is 3.84. The molecule has 0 bridgehead atoms. The van der Waals surface area contributed by atoms with Crippen LogP contribution in [0.3, 0.4) is 0 Å². The van der Waals surface area contributed by atoms with Crippen LogP contribution >= 0.6 is 23.6 Å². The fraction of sp³-hybridized carbons (Fsp3) is 0.471. The molecule has 0 atom stereocenters. The number of furan rings is 1. The maximum Gasteiger partial charge on any atom is 0.199 e. The van der Waals surface area contributed by atoms with Gasteiger partial charge in [0, 0.05) is 19.6 Å². The lowest BCUT2D eigenvalue weighted by atomic mass is 10.3. The zero-order valence-electron chi connectivity index (χ0n) is 14.3. The molecule has 24 heavy (non-hydrogen) atoms. The number of aromatic nitrogens is 3. The van der Waals surface area contributed by atoms with Gasteiger partial charge in [-0.25, -0.2) is 9.97 Å². The highest BCUT2D eigenvalue weighted by molar-refractivity contribution is 7.73. The minimum Gasteiger partial charge on any atom is -0.461 e. The van der Waals surface area contributed by atoms with Crippen molar-refractivity contribution < 1.29 is 4.42 Å². The fourth-order valence-corrected chi connectivity index (χ4v) is 4.28. The van der Waals surface area contributed by atoms with E-state index in [4.69, 9.17) is 26.6 Å². The van der Waals surface area contributed by atoms with Crippen LogP contribution in [0.1, 0.15) is 33.6 Å². The smallest absolute Gasteiger partial charge is 0.199 e. The van der Waals surface area contributed by atoms with Gasteiger partial charge in [-0.15, -0.1) is 0 Å². The molecule has 3 rings (SSSR count). The summed E-state index contributed by atoms with van der Waals surface area (Å²) in [6.45, 7) is 9.20. The SMILES string of the molecule is CCCN(CCC)c1nc(-c2ccco2)nc2c1sc(=S)n2CC. The third kappa shape index (κ3) is 3.10. The average molecular weight is 363 g/mol. The molecule has 0 spiro atoms. The summed E-state index contributed by atoms with van der Waals surface area (Å²) < 4.78 is 9.51. The molecule has 0 fully saturated rings. The van der Waals surface area contributed by atoms with Gasteiger partial charge in [0.15, 0.2) is 27.0 Å². The number of hydrogen-bond acceptors (Lipinski definition) is 6. The normalized spacial score (nSPS) is 11.3. The molecular formula is C17H22N4OS2. The summed E-state index contributed by atoms with van der Waals surface area (Å²) >= 11 is 7.14. The van der Waals surface area contributed by atoms with E-state index in [0.29, 0.717) is 11.6 Å². The zero-order valence-corrected chi connectivity index (χ0v) is 15.9. The molecule has 0 radical (unpaired) electrons. The number of thiazole rings is 1. The molecule has 0 unspecified atom stereocenters. The highest BCUT2D eigenvalue weighted by Crippen LogP contribution is 2.33. The number of aryl methyl sites for hydroxylation is 1. The van der Waals surface area contributed by atoms with Crippen molar-refractivity contribution >= 4 is 39.7 Å². The lowest BCUT2D eigenvalue weighted by Crippen LogP contribution is -2.26. The van der Waals surface area contributed by atoms with Gasteiger partial charge in [0.1, 0.15) is 4.70 Å². The Balaban J connectivity index is 2.27. The quantitative estimate of drug-likeness (QED) is 0.545.